The molecule has 2 aliphatic rings. The number of hydrogen-bond donors (Lipinski definition) is 4. The Bertz CT molecular complexity index is 2860. The number of nitrogens with two attached hydrogens (primary N) is 1. The second-order valence-electron chi connectivity index (χ2n) is 16.5. The standard InChI is InChI=1S/C44H51N9O8S.C3H6O2/c1-25(59-3)38(45)42(54)51-19-9-13-34(51)40-46-23-32(48-40)27-15-17-30-31-18-16-28(22-37(31)53(36(30)21-27)62(57,58)29-11-7-6-8-12-29)33-24-47-41(49-33)35-14-10-20-52(35)43(55)39(26(2)60-4)50-44(56)61-5;1-3(4)5-2/h6-8,11-12,15-18,21-26,34-35,38-39H,9-10,13-14,19-20,45H2,1-5H3,(H,46,48)(H,47,49)(H,50,56);1-2H3/t25-,26-,34+,35+,38+,39+;/m1./s1. The fraction of sp³-hybridized carbons (Fsp3) is 0.404. The van der Waals surface area contributed by atoms with Gasteiger partial charge in [-0.2, -0.15) is 0 Å². The van der Waals surface area contributed by atoms with Crippen molar-refractivity contribution in [2.24, 2.45) is 5.73 Å². The van der Waals surface area contributed by atoms with Crippen molar-refractivity contribution in [2.45, 2.75) is 87.7 Å². The summed E-state index contributed by atoms with van der Waals surface area (Å²) in [5.41, 5.74) is 9.88. The number of alkyl carbamates (subject to hydrolysis) is 1. The molecule has 5 heterocycles. The van der Waals surface area contributed by atoms with Crippen molar-refractivity contribution in [3.05, 3.63) is 90.8 Å². The van der Waals surface area contributed by atoms with Crippen molar-refractivity contribution in [1.29, 1.82) is 0 Å². The molecule has 20 heteroatoms. The van der Waals surface area contributed by atoms with Gasteiger partial charge in [0.05, 0.1) is 78.2 Å². The number of ether oxygens (including phenoxy) is 4. The number of H-pyrrole nitrogens is 2. The number of benzene rings is 3. The van der Waals surface area contributed by atoms with E-state index in [0.29, 0.717) is 64.7 Å². The second-order valence-corrected chi connectivity index (χ2v) is 18.3. The molecule has 356 valence electrons. The molecule has 3 aromatic carbocycles. The first-order chi connectivity index (χ1) is 32.1. The quantitative estimate of drug-likeness (QED) is 0.106. The molecule has 3 aromatic heterocycles. The molecule has 0 bridgehead atoms. The number of aromatic nitrogens is 5. The zero-order valence-corrected chi connectivity index (χ0v) is 39.3. The fourth-order valence-electron chi connectivity index (χ4n) is 8.63. The number of methoxy groups -OCH3 is 4. The van der Waals surface area contributed by atoms with Gasteiger partial charge in [0.15, 0.2) is 0 Å². The van der Waals surface area contributed by atoms with Crippen LogP contribution in [0.2, 0.25) is 0 Å². The highest BCUT2D eigenvalue weighted by Crippen LogP contribution is 2.39. The molecule has 5 N–H and O–H groups in total. The number of rotatable bonds is 13. The number of carbonyl (C=O) groups is 4. The minimum Gasteiger partial charge on any atom is -0.469 e. The average molecular weight is 940 g/mol. The molecular formula is C47H57N9O10S. The van der Waals surface area contributed by atoms with Gasteiger partial charge < -0.3 is 49.8 Å². The van der Waals surface area contributed by atoms with Gasteiger partial charge in [0, 0.05) is 56.1 Å². The van der Waals surface area contributed by atoms with Crippen LogP contribution in [0.25, 0.3) is 44.3 Å². The van der Waals surface area contributed by atoms with Crippen molar-refractivity contribution < 1.29 is 46.5 Å². The SMILES string of the molecule is COC(=O)N[C@H](C(=O)N1CCC[C@H]1c1ncc(-c2ccc3c4ccc(-c5cnc([C@@H]6CCCN6C(=O)[C@@H](N)[C@@H](C)OC)[nH]5)cc4n(S(=O)(=O)c4ccccc4)c3c2)[nH]1)[C@@H](C)OC.COC(C)=O. The van der Waals surface area contributed by atoms with Gasteiger partial charge in [-0.1, -0.05) is 42.5 Å². The van der Waals surface area contributed by atoms with E-state index in [2.05, 4.69) is 20.0 Å². The van der Waals surface area contributed by atoms with Crippen LogP contribution in [0, 0.1) is 0 Å². The molecule has 19 nitrogen and oxygen atoms in total. The number of amides is 3. The Kier molecular flexibility index (Phi) is 14.8. The Labute approximate surface area is 388 Å². The van der Waals surface area contributed by atoms with Crippen molar-refractivity contribution in [3.63, 3.8) is 0 Å². The molecule has 0 unspecified atom stereocenters. The maximum atomic E-state index is 14.7. The molecule has 0 radical (unpaired) electrons. The van der Waals surface area contributed by atoms with Crippen molar-refractivity contribution in [3.8, 4) is 22.5 Å². The monoisotopic (exact) mass is 939 g/mol. The molecule has 6 aromatic rings. The smallest absolute Gasteiger partial charge is 0.407 e. The summed E-state index contributed by atoms with van der Waals surface area (Å²) in [6, 6.07) is 17.1. The first-order valence-electron chi connectivity index (χ1n) is 21.9. The summed E-state index contributed by atoms with van der Waals surface area (Å²) in [7, 11) is 1.44. The van der Waals surface area contributed by atoms with E-state index >= 15 is 0 Å². The maximum absolute atomic E-state index is 14.7. The molecular weight excluding hydrogens is 883 g/mol. The largest absolute Gasteiger partial charge is 0.469 e. The first-order valence-corrected chi connectivity index (χ1v) is 23.4. The van der Waals surface area contributed by atoms with E-state index in [9.17, 15) is 27.6 Å². The molecule has 6 atom stereocenters. The van der Waals surface area contributed by atoms with Gasteiger partial charge in [0.2, 0.25) is 11.8 Å². The summed E-state index contributed by atoms with van der Waals surface area (Å²) in [6.45, 7) is 5.85. The third kappa shape index (κ3) is 9.78. The van der Waals surface area contributed by atoms with Crippen molar-refractivity contribution in [2.75, 3.05) is 41.5 Å². The second kappa shape index (κ2) is 20.5. The van der Waals surface area contributed by atoms with E-state index in [4.69, 9.17) is 29.9 Å². The molecule has 2 aliphatic heterocycles. The number of esters is 1. The number of fused-ring (bicyclic) bond motifs is 3. The van der Waals surface area contributed by atoms with Crippen molar-refractivity contribution >= 4 is 55.7 Å². The van der Waals surface area contributed by atoms with Gasteiger partial charge in [-0.3, -0.25) is 14.4 Å². The number of carbonyl (C=O) groups excluding carboxylic acids is 4. The summed E-state index contributed by atoms with van der Waals surface area (Å²) in [6.07, 6.45) is 4.47. The van der Waals surface area contributed by atoms with E-state index in [-0.39, 0.29) is 28.7 Å². The minimum atomic E-state index is -4.14. The van der Waals surface area contributed by atoms with Crippen LogP contribution in [-0.4, -0.2) is 132 Å². The lowest BCUT2D eigenvalue weighted by Gasteiger charge is -2.30. The van der Waals surface area contributed by atoms with E-state index in [1.165, 1.54) is 39.3 Å². The van der Waals surface area contributed by atoms with Crippen LogP contribution in [0.3, 0.4) is 0 Å². The van der Waals surface area contributed by atoms with Crippen LogP contribution >= 0.6 is 0 Å². The zero-order valence-electron chi connectivity index (χ0n) is 38.5. The lowest BCUT2D eigenvalue weighted by atomic mass is 10.1. The van der Waals surface area contributed by atoms with Gasteiger partial charge in [0.25, 0.3) is 10.0 Å². The predicted molar refractivity (Wildman–Crippen MR) is 249 cm³/mol. The van der Waals surface area contributed by atoms with Crippen LogP contribution < -0.4 is 11.1 Å². The van der Waals surface area contributed by atoms with E-state index in [1.54, 1.807) is 66.4 Å². The number of hydrogen-bond acceptors (Lipinski definition) is 13. The van der Waals surface area contributed by atoms with E-state index < -0.39 is 46.4 Å². The van der Waals surface area contributed by atoms with Crippen molar-refractivity contribution in [1.82, 2.24) is 39.0 Å². The summed E-state index contributed by atoms with van der Waals surface area (Å²) in [5.74, 6) is 0.419. The summed E-state index contributed by atoms with van der Waals surface area (Å²) >= 11 is 0. The molecule has 0 spiro atoms. The predicted octanol–water partition coefficient (Wildman–Crippen LogP) is 5.44. The molecule has 0 saturated carbocycles. The maximum Gasteiger partial charge on any atom is 0.407 e. The summed E-state index contributed by atoms with van der Waals surface area (Å²) in [4.78, 5) is 68.7. The molecule has 2 saturated heterocycles. The van der Waals surface area contributed by atoms with Gasteiger partial charge in [-0.05, 0) is 63.8 Å². The lowest BCUT2D eigenvalue weighted by Crippen LogP contribution is -2.54. The summed E-state index contributed by atoms with van der Waals surface area (Å²) < 4.78 is 50.4. The molecule has 67 heavy (non-hydrogen) atoms. The molecule has 3 amide bonds. The van der Waals surface area contributed by atoms with Crippen LogP contribution in [-0.2, 0) is 43.4 Å². The third-order valence-corrected chi connectivity index (χ3v) is 14.3. The third-order valence-electron chi connectivity index (χ3n) is 12.5. The number of likely N-dealkylation sites (tertiary alicyclic amines) is 2. The lowest BCUT2D eigenvalue weighted by molar-refractivity contribution is -0.138. The normalized spacial score (nSPS) is 18.0. The number of imidazole rings is 2. The average Bonchev–Trinajstić information content (AvgIpc) is 4.21. The highest BCUT2D eigenvalue weighted by Gasteiger charge is 2.39. The topological polar surface area (TPSA) is 246 Å². The van der Waals surface area contributed by atoms with Crippen LogP contribution in [0.15, 0.2) is 84.0 Å². The highest BCUT2D eigenvalue weighted by molar-refractivity contribution is 7.90. The van der Waals surface area contributed by atoms with Gasteiger partial charge in [0.1, 0.15) is 23.7 Å². The highest BCUT2D eigenvalue weighted by atomic mass is 32.2. The Morgan fingerprint density at radius 3 is 1.69 bits per heavy atom. The van der Waals surface area contributed by atoms with E-state index in [1.807, 2.05) is 36.4 Å². The fourth-order valence-corrected chi connectivity index (χ4v) is 10.2. The summed E-state index contributed by atoms with van der Waals surface area (Å²) in [5, 5.41) is 4.07. The van der Waals surface area contributed by atoms with Crippen LogP contribution in [0.4, 0.5) is 4.79 Å². The Hall–Kier alpha value is -6.61. The molecule has 2 fully saturated rings. The van der Waals surface area contributed by atoms with E-state index in [0.717, 1.165) is 30.0 Å². The van der Waals surface area contributed by atoms with Crippen LogP contribution in [0.5, 0.6) is 0 Å². The Morgan fingerprint density at radius 2 is 1.22 bits per heavy atom. The minimum absolute atomic E-state index is 0.128. The van der Waals surface area contributed by atoms with Gasteiger partial charge >= 0.3 is 12.1 Å². The number of nitrogens with one attached hydrogen (secondary N) is 3. The molecule has 0 aliphatic carbocycles. The number of aromatic amines is 2. The molecule has 8 rings (SSSR count). The first kappa shape index (κ1) is 48.3. The van der Waals surface area contributed by atoms with Gasteiger partial charge in [-0.15, -0.1) is 0 Å². The number of nitrogens with zero attached hydrogens (tertiary/aromatic N) is 5. The zero-order chi connectivity index (χ0) is 48.2. The Morgan fingerprint density at radius 1 is 0.731 bits per heavy atom. The van der Waals surface area contributed by atoms with Crippen LogP contribution in [0.1, 0.15) is 70.2 Å². The van der Waals surface area contributed by atoms with Gasteiger partial charge in [-0.25, -0.2) is 27.2 Å². The Balaban J connectivity index is 0.00000127.